The Morgan fingerprint density at radius 2 is 1.94 bits per heavy atom. The second-order valence-electron chi connectivity index (χ2n) is 4.10. The molecule has 1 heterocycles. The molecule has 18 heavy (non-hydrogen) atoms. The van der Waals surface area contributed by atoms with Crippen molar-refractivity contribution in [3.8, 4) is 0 Å². The van der Waals surface area contributed by atoms with E-state index in [0.29, 0.717) is 0 Å². The van der Waals surface area contributed by atoms with Crippen molar-refractivity contribution in [1.29, 1.82) is 0 Å². The third-order valence-corrected chi connectivity index (χ3v) is 4.48. The largest absolute Gasteiger partial charge is 0.396 e. The summed E-state index contributed by atoms with van der Waals surface area (Å²) in [4.78, 5) is 3.93. The quantitative estimate of drug-likeness (QED) is 0.917. The lowest BCUT2D eigenvalue weighted by atomic mass is 10.1. The number of benzene rings is 1. The Morgan fingerprint density at radius 3 is 2.61 bits per heavy atom. The molecule has 0 aliphatic rings. The Labute approximate surface area is 106 Å². The molecule has 0 atom stereocenters. The van der Waals surface area contributed by atoms with Gasteiger partial charge >= 0.3 is 0 Å². The summed E-state index contributed by atoms with van der Waals surface area (Å²) in [5.41, 5.74) is 7.58. The minimum atomic E-state index is -3.43. The Morgan fingerprint density at radius 1 is 1.22 bits per heavy atom. The molecule has 0 amide bonds. The van der Waals surface area contributed by atoms with Gasteiger partial charge in [0, 0.05) is 6.20 Å². The summed E-state index contributed by atoms with van der Waals surface area (Å²) < 4.78 is 24.5. The Kier molecular flexibility index (Phi) is 3.34. The number of nitrogens with two attached hydrogens (primary N) is 1. The van der Waals surface area contributed by atoms with Crippen LogP contribution in [0.4, 0.5) is 5.69 Å². The van der Waals surface area contributed by atoms with E-state index in [-0.39, 0.29) is 16.3 Å². The van der Waals surface area contributed by atoms with Gasteiger partial charge in [0.2, 0.25) is 0 Å². The van der Waals surface area contributed by atoms with Gasteiger partial charge in [0.05, 0.1) is 22.5 Å². The van der Waals surface area contributed by atoms with E-state index in [1.807, 2.05) is 31.2 Å². The monoisotopic (exact) mass is 262 g/mol. The number of nitrogens with zero attached hydrogens (tertiary/aromatic N) is 1. The summed E-state index contributed by atoms with van der Waals surface area (Å²) in [5, 5.41) is 0. The van der Waals surface area contributed by atoms with E-state index in [2.05, 4.69) is 4.98 Å². The van der Waals surface area contributed by atoms with Crippen LogP contribution in [0.15, 0.2) is 47.6 Å². The Balaban J connectivity index is 2.40. The van der Waals surface area contributed by atoms with Crippen molar-refractivity contribution in [1.82, 2.24) is 4.98 Å². The van der Waals surface area contributed by atoms with Gasteiger partial charge in [-0.25, -0.2) is 8.42 Å². The standard InChI is InChI=1S/C13H14N2O2S/c1-10-4-2-3-5-11(10)9-18(16,17)13-6-7-15-8-12(13)14/h2-8H,9,14H2,1H3. The van der Waals surface area contributed by atoms with Crippen LogP contribution in [0.2, 0.25) is 0 Å². The summed E-state index contributed by atoms with van der Waals surface area (Å²) in [6.07, 6.45) is 2.78. The molecule has 0 saturated carbocycles. The third kappa shape index (κ3) is 2.51. The molecule has 0 aliphatic heterocycles. The SMILES string of the molecule is Cc1ccccc1CS(=O)(=O)c1ccncc1N. The first-order valence-corrected chi connectivity index (χ1v) is 7.13. The van der Waals surface area contributed by atoms with Crippen molar-refractivity contribution in [2.75, 3.05) is 5.73 Å². The van der Waals surface area contributed by atoms with Crippen LogP contribution in [-0.4, -0.2) is 13.4 Å². The predicted molar refractivity (Wildman–Crippen MR) is 70.7 cm³/mol. The molecular weight excluding hydrogens is 248 g/mol. The van der Waals surface area contributed by atoms with Crippen LogP contribution in [0, 0.1) is 6.92 Å². The predicted octanol–water partition coefficient (Wildman–Crippen LogP) is 1.95. The van der Waals surface area contributed by atoms with Crippen LogP contribution in [0.25, 0.3) is 0 Å². The smallest absolute Gasteiger partial charge is 0.184 e. The summed E-state index contributed by atoms with van der Waals surface area (Å²) in [6.45, 7) is 1.89. The molecule has 0 spiro atoms. The lowest BCUT2D eigenvalue weighted by molar-refractivity contribution is 0.595. The van der Waals surface area contributed by atoms with E-state index in [9.17, 15) is 8.42 Å². The number of pyridine rings is 1. The molecule has 2 N–H and O–H groups in total. The molecule has 0 aliphatic carbocycles. The number of hydrogen-bond acceptors (Lipinski definition) is 4. The third-order valence-electron chi connectivity index (χ3n) is 2.75. The van der Waals surface area contributed by atoms with Crippen molar-refractivity contribution in [2.45, 2.75) is 17.6 Å². The first-order valence-electron chi connectivity index (χ1n) is 5.47. The lowest BCUT2D eigenvalue weighted by Crippen LogP contribution is -2.09. The Bertz CT molecular complexity index is 666. The van der Waals surface area contributed by atoms with Crippen molar-refractivity contribution >= 4 is 15.5 Å². The fourth-order valence-electron chi connectivity index (χ4n) is 1.73. The summed E-state index contributed by atoms with van der Waals surface area (Å²) in [7, 11) is -3.43. The van der Waals surface area contributed by atoms with Gasteiger partial charge in [-0.1, -0.05) is 24.3 Å². The Hall–Kier alpha value is -1.88. The number of aromatic nitrogens is 1. The fourth-order valence-corrected chi connectivity index (χ4v) is 3.30. The summed E-state index contributed by atoms with van der Waals surface area (Å²) >= 11 is 0. The molecule has 0 saturated heterocycles. The highest BCUT2D eigenvalue weighted by Gasteiger charge is 2.18. The van der Waals surface area contributed by atoms with Gasteiger partial charge in [0.1, 0.15) is 0 Å². The molecule has 1 aromatic heterocycles. The van der Waals surface area contributed by atoms with E-state index < -0.39 is 9.84 Å². The highest BCUT2D eigenvalue weighted by molar-refractivity contribution is 7.90. The fraction of sp³-hybridized carbons (Fsp3) is 0.154. The zero-order valence-electron chi connectivity index (χ0n) is 10.00. The van der Waals surface area contributed by atoms with Crippen LogP contribution in [0.3, 0.4) is 0 Å². The number of anilines is 1. The second-order valence-corrected chi connectivity index (χ2v) is 6.06. The minimum absolute atomic E-state index is 0.0477. The zero-order valence-corrected chi connectivity index (χ0v) is 10.8. The van der Waals surface area contributed by atoms with Gasteiger partial charge in [-0.05, 0) is 24.1 Å². The normalized spacial score (nSPS) is 11.4. The lowest BCUT2D eigenvalue weighted by Gasteiger charge is -2.08. The van der Waals surface area contributed by atoms with Gasteiger partial charge in [-0.15, -0.1) is 0 Å². The van der Waals surface area contributed by atoms with E-state index in [1.54, 1.807) is 0 Å². The van der Waals surface area contributed by atoms with Crippen LogP contribution < -0.4 is 5.73 Å². The molecule has 0 bridgehead atoms. The van der Waals surface area contributed by atoms with Gasteiger partial charge in [0.15, 0.2) is 9.84 Å². The van der Waals surface area contributed by atoms with Crippen LogP contribution >= 0.6 is 0 Å². The van der Waals surface area contributed by atoms with E-state index in [1.165, 1.54) is 18.5 Å². The van der Waals surface area contributed by atoms with E-state index >= 15 is 0 Å². The summed E-state index contributed by atoms with van der Waals surface area (Å²) in [5.74, 6) is -0.0477. The molecule has 2 aromatic rings. The molecule has 5 heteroatoms. The van der Waals surface area contributed by atoms with Crippen LogP contribution in [0.5, 0.6) is 0 Å². The molecule has 1 aromatic carbocycles. The molecule has 0 unspecified atom stereocenters. The van der Waals surface area contributed by atoms with Gasteiger partial charge < -0.3 is 5.73 Å². The zero-order chi connectivity index (χ0) is 13.2. The first kappa shape index (κ1) is 12.6. The van der Waals surface area contributed by atoms with Crippen molar-refractivity contribution in [3.05, 3.63) is 53.9 Å². The van der Waals surface area contributed by atoms with E-state index in [0.717, 1.165) is 11.1 Å². The molecule has 0 fully saturated rings. The maximum atomic E-state index is 12.3. The molecular formula is C13H14N2O2S. The van der Waals surface area contributed by atoms with Gasteiger partial charge in [-0.2, -0.15) is 0 Å². The topological polar surface area (TPSA) is 73.0 Å². The van der Waals surface area contributed by atoms with Gasteiger partial charge in [-0.3, -0.25) is 4.98 Å². The number of aryl methyl sites for hydroxylation is 1. The van der Waals surface area contributed by atoms with Crippen LogP contribution in [-0.2, 0) is 15.6 Å². The molecule has 0 radical (unpaired) electrons. The number of nitrogen functional groups attached to an aromatic ring is 1. The second kappa shape index (κ2) is 4.78. The van der Waals surface area contributed by atoms with Crippen LogP contribution in [0.1, 0.15) is 11.1 Å². The molecule has 2 rings (SSSR count). The summed E-state index contributed by atoms with van der Waals surface area (Å²) in [6, 6.07) is 8.84. The maximum absolute atomic E-state index is 12.3. The average molecular weight is 262 g/mol. The molecule has 94 valence electrons. The average Bonchev–Trinajstić information content (AvgIpc) is 2.32. The molecule has 4 nitrogen and oxygen atoms in total. The van der Waals surface area contributed by atoms with E-state index in [4.69, 9.17) is 5.73 Å². The number of sulfone groups is 1. The maximum Gasteiger partial charge on any atom is 0.184 e. The first-order chi connectivity index (χ1) is 8.50. The highest BCUT2D eigenvalue weighted by Crippen LogP contribution is 2.22. The minimum Gasteiger partial charge on any atom is -0.396 e. The highest BCUT2D eigenvalue weighted by atomic mass is 32.2. The van der Waals surface area contributed by atoms with Crippen molar-refractivity contribution in [2.24, 2.45) is 0 Å². The van der Waals surface area contributed by atoms with Crippen molar-refractivity contribution < 1.29 is 8.42 Å². The van der Waals surface area contributed by atoms with Crippen molar-refractivity contribution in [3.63, 3.8) is 0 Å². The number of hydrogen-bond donors (Lipinski definition) is 1. The number of rotatable bonds is 3. The van der Waals surface area contributed by atoms with Gasteiger partial charge in [0.25, 0.3) is 0 Å².